The molecule has 1 amide bonds. The van der Waals surface area contributed by atoms with Crippen LogP contribution in [0.25, 0.3) is 6.08 Å². The number of carbonyl (C=O) groups is 2. The predicted molar refractivity (Wildman–Crippen MR) is 107 cm³/mol. The Morgan fingerprint density at radius 2 is 1.74 bits per heavy atom. The fourth-order valence-corrected chi connectivity index (χ4v) is 3.29. The number of nitrogens with zero attached hydrogens (tertiary/aromatic N) is 2. The number of amides is 1. The SMILES string of the molecule is COc1ccc(CC(=O)N2CCN(c3ccccc3/C=C/C=O)CC2)cc1. The second kappa shape index (κ2) is 9.03. The Hall–Kier alpha value is -3.08. The van der Waals surface area contributed by atoms with Crippen LogP contribution in [-0.4, -0.2) is 50.4 Å². The Labute approximate surface area is 159 Å². The normalized spacial score (nSPS) is 14.4. The van der Waals surface area contributed by atoms with Crippen molar-refractivity contribution in [2.24, 2.45) is 0 Å². The van der Waals surface area contributed by atoms with Crippen molar-refractivity contribution in [1.82, 2.24) is 4.90 Å². The lowest BCUT2D eigenvalue weighted by Crippen LogP contribution is -2.49. The van der Waals surface area contributed by atoms with Crippen molar-refractivity contribution in [3.63, 3.8) is 0 Å². The Morgan fingerprint density at radius 3 is 2.41 bits per heavy atom. The number of rotatable bonds is 6. The van der Waals surface area contributed by atoms with Crippen molar-refractivity contribution < 1.29 is 14.3 Å². The molecule has 0 aromatic heterocycles. The van der Waals surface area contributed by atoms with E-state index in [1.807, 2.05) is 53.4 Å². The molecule has 1 aliphatic rings. The zero-order valence-electron chi connectivity index (χ0n) is 15.5. The van der Waals surface area contributed by atoms with E-state index in [2.05, 4.69) is 11.0 Å². The van der Waals surface area contributed by atoms with Crippen LogP contribution in [0, 0.1) is 0 Å². The van der Waals surface area contributed by atoms with Gasteiger partial charge in [0.15, 0.2) is 0 Å². The van der Waals surface area contributed by atoms with Gasteiger partial charge in [0.2, 0.25) is 5.91 Å². The fourth-order valence-electron chi connectivity index (χ4n) is 3.29. The number of carbonyl (C=O) groups excluding carboxylic acids is 2. The minimum Gasteiger partial charge on any atom is -0.497 e. The monoisotopic (exact) mass is 364 g/mol. The van der Waals surface area contributed by atoms with Gasteiger partial charge in [-0.05, 0) is 41.5 Å². The molecule has 2 aromatic carbocycles. The third-order valence-corrected chi connectivity index (χ3v) is 4.78. The molecule has 0 N–H and O–H groups in total. The molecular weight excluding hydrogens is 340 g/mol. The van der Waals surface area contributed by atoms with Crippen molar-refractivity contribution in [2.75, 3.05) is 38.2 Å². The largest absolute Gasteiger partial charge is 0.497 e. The topological polar surface area (TPSA) is 49.9 Å². The highest BCUT2D eigenvalue weighted by atomic mass is 16.5. The van der Waals surface area contributed by atoms with Gasteiger partial charge in [0.1, 0.15) is 12.0 Å². The van der Waals surface area contributed by atoms with Gasteiger partial charge in [0.25, 0.3) is 0 Å². The molecular formula is C22H24N2O3. The lowest BCUT2D eigenvalue weighted by molar-refractivity contribution is -0.130. The Balaban J connectivity index is 1.59. The molecule has 0 spiro atoms. The molecule has 27 heavy (non-hydrogen) atoms. The zero-order chi connectivity index (χ0) is 19.1. The molecule has 1 aliphatic heterocycles. The van der Waals surface area contributed by atoms with Crippen LogP contribution in [0.4, 0.5) is 5.69 Å². The Bertz CT molecular complexity index is 807. The molecule has 0 saturated carbocycles. The van der Waals surface area contributed by atoms with Crippen LogP contribution in [0.5, 0.6) is 5.75 Å². The highest BCUT2D eigenvalue weighted by molar-refractivity contribution is 5.80. The van der Waals surface area contributed by atoms with Gasteiger partial charge in [-0.15, -0.1) is 0 Å². The molecule has 0 unspecified atom stereocenters. The van der Waals surface area contributed by atoms with Gasteiger partial charge in [-0.2, -0.15) is 0 Å². The number of methoxy groups -OCH3 is 1. The number of anilines is 1. The van der Waals surface area contributed by atoms with Gasteiger partial charge in [-0.3, -0.25) is 9.59 Å². The number of allylic oxidation sites excluding steroid dienone is 1. The zero-order valence-corrected chi connectivity index (χ0v) is 15.5. The van der Waals surface area contributed by atoms with E-state index in [0.29, 0.717) is 19.5 Å². The van der Waals surface area contributed by atoms with Gasteiger partial charge in [0, 0.05) is 31.9 Å². The van der Waals surface area contributed by atoms with Gasteiger partial charge < -0.3 is 14.5 Å². The van der Waals surface area contributed by atoms with Crippen LogP contribution in [-0.2, 0) is 16.0 Å². The summed E-state index contributed by atoms with van der Waals surface area (Å²) in [6.07, 6.45) is 4.52. The highest BCUT2D eigenvalue weighted by Crippen LogP contribution is 2.23. The van der Waals surface area contributed by atoms with E-state index in [9.17, 15) is 9.59 Å². The number of ether oxygens (including phenoxy) is 1. The summed E-state index contributed by atoms with van der Waals surface area (Å²) in [5.74, 6) is 0.941. The summed E-state index contributed by atoms with van der Waals surface area (Å²) in [6.45, 7) is 2.95. The molecule has 3 rings (SSSR count). The second-order valence-electron chi connectivity index (χ2n) is 6.45. The van der Waals surface area contributed by atoms with E-state index >= 15 is 0 Å². The van der Waals surface area contributed by atoms with E-state index in [1.54, 1.807) is 7.11 Å². The van der Waals surface area contributed by atoms with E-state index < -0.39 is 0 Å². The summed E-state index contributed by atoms with van der Waals surface area (Å²) in [5.41, 5.74) is 3.10. The maximum Gasteiger partial charge on any atom is 0.227 e. The van der Waals surface area contributed by atoms with Crippen molar-refractivity contribution in [3.8, 4) is 5.75 Å². The predicted octanol–water partition coefficient (Wildman–Crippen LogP) is 2.80. The second-order valence-corrected chi connectivity index (χ2v) is 6.45. The molecule has 0 aliphatic carbocycles. The van der Waals surface area contributed by atoms with Crippen molar-refractivity contribution >= 4 is 24.0 Å². The first-order chi connectivity index (χ1) is 13.2. The highest BCUT2D eigenvalue weighted by Gasteiger charge is 2.22. The molecule has 0 bridgehead atoms. The van der Waals surface area contributed by atoms with E-state index in [0.717, 1.165) is 41.9 Å². The molecule has 2 aromatic rings. The first-order valence-electron chi connectivity index (χ1n) is 9.08. The molecule has 140 valence electrons. The van der Waals surface area contributed by atoms with E-state index in [-0.39, 0.29) is 5.91 Å². The standard InChI is InChI=1S/C22H24N2O3/c1-27-20-10-8-18(9-11-20)17-22(26)24-14-12-23(13-15-24)21-7-3-2-5-19(21)6-4-16-25/h2-11,16H,12-15,17H2,1H3/b6-4+. The summed E-state index contributed by atoms with van der Waals surface area (Å²) in [7, 11) is 1.63. The average molecular weight is 364 g/mol. The van der Waals surface area contributed by atoms with Crippen LogP contribution in [0.1, 0.15) is 11.1 Å². The number of para-hydroxylation sites is 1. The summed E-state index contributed by atoms with van der Waals surface area (Å²) < 4.78 is 5.15. The number of hydrogen-bond donors (Lipinski definition) is 0. The van der Waals surface area contributed by atoms with Gasteiger partial charge in [-0.25, -0.2) is 0 Å². The minimum absolute atomic E-state index is 0.147. The average Bonchev–Trinajstić information content (AvgIpc) is 2.73. The third kappa shape index (κ3) is 4.76. The van der Waals surface area contributed by atoms with Crippen molar-refractivity contribution in [3.05, 3.63) is 65.7 Å². The van der Waals surface area contributed by atoms with E-state index in [1.165, 1.54) is 6.08 Å². The Kier molecular flexibility index (Phi) is 6.26. The minimum atomic E-state index is 0.147. The van der Waals surface area contributed by atoms with E-state index in [4.69, 9.17) is 4.74 Å². The van der Waals surface area contributed by atoms with Crippen LogP contribution in [0.3, 0.4) is 0 Å². The Morgan fingerprint density at radius 1 is 1.04 bits per heavy atom. The fraction of sp³-hybridized carbons (Fsp3) is 0.273. The lowest BCUT2D eigenvalue weighted by atomic mass is 10.1. The van der Waals surface area contributed by atoms with Gasteiger partial charge in [-0.1, -0.05) is 30.3 Å². The maximum absolute atomic E-state index is 12.6. The van der Waals surface area contributed by atoms with Gasteiger partial charge in [0.05, 0.1) is 13.5 Å². The van der Waals surface area contributed by atoms with Crippen molar-refractivity contribution in [1.29, 1.82) is 0 Å². The lowest BCUT2D eigenvalue weighted by Gasteiger charge is -2.37. The van der Waals surface area contributed by atoms with Crippen LogP contribution < -0.4 is 9.64 Å². The summed E-state index contributed by atoms with van der Waals surface area (Å²) in [5, 5.41) is 0. The van der Waals surface area contributed by atoms with Crippen LogP contribution in [0.15, 0.2) is 54.6 Å². The van der Waals surface area contributed by atoms with Crippen molar-refractivity contribution in [2.45, 2.75) is 6.42 Å². The number of aldehydes is 1. The molecule has 1 fully saturated rings. The number of piperazine rings is 1. The van der Waals surface area contributed by atoms with Crippen LogP contribution in [0.2, 0.25) is 0 Å². The molecule has 1 heterocycles. The molecule has 5 heteroatoms. The quantitative estimate of drug-likeness (QED) is 0.584. The maximum atomic E-state index is 12.6. The molecule has 1 saturated heterocycles. The summed E-state index contributed by atoms with van der Waals surface area (Å²) >= 11 is 0. The first kappa shape index (κ1) is 18.7. The summed E-state index contributed by atoms with van der Waals surface area (Å²) in [6, 6.07) is 15.6. The number of hydrogen-bond acceptors (Lipinski definition) is 4. The first-order valence-corrected chi connectivity index (χ1v) is 9.08. The number of benzene rings is 2. The molecule has 0 radical (unpaired) electrons. The van der Waals surface area contributed by atoms with Gasteiger partial charge >= 0.3 is 0 Å². The molecule has 0 atom stereocenters. The smallest absolute Gasteiger partial charge is 0.227 e. The van der Waals surface area contributed by atoms with Crippen LogP contribution >= 0.6 is 0 Å². The third-order valence-electron chi connectivity index (χ3n) is 4.78. The summed E-state index contributed by atoms with van der Waals surface area (Å²) in [4.78, 5) is 27.4. The molecule has 5 nitrogen and oxygen atoms in total.